The highest BCUT2D eigenvalue weighted by Crippen LogP contribution is 2.31. The van der Waals surface area contributed by atoms with Gasteiger partial charge in [0, 0.05) is 18.7 Å². The average molecular weight is 335 g/mol. The third-order valence-electron chi connectivity index (χ3n) is 4.54. The Kier molecular flexibility index (Phi) is 4.37. The van der Waals surface area contributed by atoms with Crippen molar-refractivity contribution < 1.29 is 9.26 Å². The van der Waals surface area contributed by atoms with Crippen molar-refractivity contribution in [3.05, 3.63) is 71.4 Å². The predicted molar refractivity (Wildman–Crippen MR) is 95.9 cm³/mol. The van der Waals surface area contributed by atoms with Crippen LogP contribution >= 0.6 is 0 Å². The van der Waals surface area contributed by atoms with Crippen LogP contribution in [0.1, 0.15) is 29.3 Å². The molecule has 0 saturated heterocycles. The van der Waals surface area contributed by atoms with E-state index in [1.54, 1.807) is 7.11 Å². The summed E-state index contributed by atoms with van der Waals surface area (Å²) in [5, 5.41) is 4.13. The Labute approximate surface area is 147 Å². The molecule has 4 rings (SSSR count). The fourth-order valence-electron chi connectivity index (χ4n) is 3.31. The van der Waals surface area contributed by atoms with Gasteiger partial charge in [0.05, 0.1) is 13.7 Å². The van der Waals surface area contributed by atoms with E-state index in [0.717, 1.165) is 31.0 Å². The summed E-state index contributed by atoms with van der Waals surface area (Å²) in [4.78, 5) is 6.87. The van der Waals surface area contributed by atoms with Gasteiger partial charge in [0.25, 0.3) is 0 Å². The molecule has 3 aromatic rings. The zero-order chi connectivity index (χ0) is 17.1. The van der Waals surface area contributed by atoms with Crippen LogP contribution in [0, 0.1) is 0 Å². The van der Waals surface area contributed by atoms with Gasteiger partial charge in [-0.1, -0.05) is 35.5 Å². The summed E-state index contributed by atoms with van der Waals surface area (Å²) in [6.45, 7) is 1.64. The van der Waals surface area contributed by atoms with Gasteiger partial charge in [-0.15, -0.1) is 0 Å². The highest BCUT2D eigenvalue weighted by Gasteiger charge is 2.20. The highest BCUT2D eigenvalue weighted by molar-refractivity contribution is 5.58. The van der Waals surface area contributed by atoms with Gasteiger partial charge in [-0.05, 0) is 42.2 Å². The SMILES string of the molecule is COc1ccc2c(c1)CCCN2Cc1nc(Cc2ccccc2)no1. The van der Waals surface area contributed by atoms with Crippen LogP contribution in [0.25, 0.3) is 0 Å². The van der Waals surface area contributed by atoms with Crippen LogP contribution in [0.2, 0.25) is 0 Å². The average Bonchev–Trinajstić information content (AvgIpc) is 3.09. The molecule has 0 radical (unpaired) electrons. The van der Waals surface area contributed by atoms with E-state index in [0.29, 0.717) is 18.9 Å². The van der Waals surface area contributed by atoms with Crippen LogP contribution in [0.5, 0.6) is 5.75 Å². The predicted octanol–water partition coefficient (Wildman–Crippen LogP) is 3.62. The third kappa shape index (κ3) is 3.50. The number of aryl methyl sites for hydroxylation is 1. The normalized spacial score (nSPS) is 13.6. The lowest BCUT2D eigenvalue weighted by Crippen LogP contribution is -2.28. The smallest absolute Gasteiger partial charge is 0.246 e. The minimum Gasteiger partial charge on any atom is -0.497 e. The highest BCUT2D eigenvalue weighted by atomic mass is 16.5. The number of nitrogens with zero attached hydrogens (tertiary/aromatic N) is 3. The number of anilines is 1. The Morgan fingerprint density at radius 3 is 2.88 bits per heavy atom. The van der Waals surface area contributed by atoms with Crippen LogP contribution < -0.4 is 9.64 Å². The van der Waals surface area contributed by atoms with Crippen LogP contribution in [0.3, 0.4) is 0 Å². The summed E-state index contributed by atoms with van der Waals surface area (Å²) in [6, 6.07) is 16.4. The standard InChI is InChI=1S/C20H21N3O2/c1-24-17-9-10-18-16(13-17)8-5-11-23(18)14-20-21-19(22-25-20)12-15-6-3-2-4-7-15/h2-4,6-7,9-10,13H,5,8,11-12,14H2,1H3. The fraction of sp³-hybridized carbons (Fsp3) is 0.300. The molecular formula is C20H21N3O2. The van der Waals surface area contributed by atoms with E-state index in [1.807, 2.05) is 24.3 Å². The maximum Gasteiger partial charge on any atom is 0.246 e. The molecular weight excluding hydrogens is 314 g/mol. The van der Waals surface area contributed by atoms with Crippen LogP contribution in [-0.4, -0.2) is 23.8 Å². The summed E-state index contributed by atoms with van der Waals surface area (Å²) in [6.07, 6.45) is 2.88. The topological polar surface area (TPSA) is 51.4 Å². The van der Waals surface area contributed by atoms with Gasteiger partial charge in [-0.2, -0.15) is 4.98 Å². The van der Waals surface area contributed by atoms with Crippen molar-refractivity contribution in [1.29, 1.82) is 0 Å². The largest absolute Gasteiger partial charge is 0.497 e. The number of ether oxygens (including phenoxy) is 1. The molecule has 0 spiro atoms. The van der Waals surface area contributed by atoms with E-state index in [2.05, 4.69) is 39.3 Å². The molecule has 0 atom stereocenters. The number of methoxy groups -OCH3 is 1. The zero-order valence-corrected chi connectivity index (χ0v) is 14.3. The second-order valence-corrected chi connectivity index (χ2v) is 6.29. The summed E-state index contributed by atoms with van der Waals surface area (Å²) >= 11 is 0. The van der Waals surface area contributed by atoms with Gasteiger partial charge in [0.2, 0.25) is 5.89 Å². The molecule has 1 aliphatic rings. The number of hydrogen-bond acceptors (Lipinski definition) is 5. The summed E-state index contributed by atoms with van der Waals surface area (Å²) in [5.41, 5.74) is 3.73. The number of fused-ring (bicyclic) bond motifs is 1. The van der Waals surface area contributed by atoms with E-state index in [4.69, 9.17) is 9.26 Å². The van der Waals surface area contributed by atoms with Gasteiger partial charge in [-0.25, -0.2) is 0 Å². The fourth-order valence-corrected chi connectivity index (χ4v) is 3.31. The molecule has 0 aliphatic carbocycles. The van der Waals surface area contributed by atoms with Crippen molar-refractivity contribution in [3.8, 4) is 5.75 Å². The quantitative estimate of drug-likeness (QED) is 0.713. The molecule has 5 heteroatoms. The maximum absolute atomic E-state index is 5.47. The lowest BCUT2D eigenvalue weighted by molar-refractivity contribution is 0.370. The van der Waals surface area contributed by atoms with Crippen LogP contribution in [0.15, 0.2) is 53.1 Å². The van der Waals surface area contributed by atoms with Crippen molar-refractivity contribution in [2.24, 2.45) is 0 Å². The van der Waals surface area contributed by atoms with Crippen LogP contribution in [-0.2, 0) is 19.4 Å². The third-order valence-corrected chi connectivity index (χ3v) is 4.54. The Balaban J connectivity index is 1.48. The molecule has 25 heavy (non-hydrogen) atoms. The zero-order valence-electron chi connectivity index (χ0n) is 14.3. The van der Waals surface area contributed by atoms with E-state index in [9.17, 15) is 0 Å². The second kappa shape index (κ2) is 6.97. The first-order valence-corrected chi connectivity index (χ1v) is 8.59. The molecule has 0 fully saturated rings. The molecule has 5 nitrogen and oxygen atoms in total. The molecule has 2 aromatic carbocycles. The lowest BCUT2D eigenvalue weighted by atomic mass is 10.0. The lowest BCUT2D eigenvalue weighted by Gasteiger charge is -2.30. The first-order valence-electron chi connectivity index (χ1n) is 8.59. The first kappa shape index (κ1) is 15.7. The maximum atomic E-state index is 5.47. The second-order valence-electron chi connectivity index (χ2n) is 6.29. The van der Waals surface area contributed by atoms with E-state index in [-0.39, 0.29) is 0 Å². The van der Waals surface area contributed by atoms with E-state index in [1.165, 1.54) is 16.8 Å². The van der Waals surface area contributed by atoms with Gasteiger partial charge < -0.3 is 14.2 Å². The van der Waals surface area contributed by atoms with Crippen molar-refractivity contribution >= 4 is 5.69 Å². The first-order chi connectivity index (χ1) is 12.3. The van der Waals surface area contributed by atoms with Gasteiger partial charge in [-0.3, -0.25) is 0 Å². The minimum absolute atomic E-state index is 0.640. The van der Waals surface area contributed by atoms with Crippen molar-refractivity contribution in [3.63, 3.8) is 0 Å². The van der Waals surface area contributed by atoms with Crippen LogP contribution in [0.4, 0.5) is 5.69 Å². The molecule has 0 amide bonds. The number of hydrogen-bond donors (Lipinski definition) is 0. The Morgan fingerprint density at radius 2 is 2.04 bits per heavy atom. The van der Waals surface area contributed by atoms with Gasteiger partial charge in [0.15, 0.2) is 5.82 Å². The molecule has 2 heterocycles. The Bertz CT molecular complexity index is 845. The molecule has 1 aliphatic heterocycles. The number of rotatable bonds is 5. The molecule has 0 unspecified atom stereocenters. The molecule has 0 N–H and O–H groups in total. The van der Waals surface area contributed by atoms with Crippen molar-refractivity contribution in [1.82, 2.24) is 10.1 Å². The summed E-state index contributed by atoms with van der Waals surface area (Å²) in [7, 11) is 1.70. The number of benzene rings is 2. The Hall–Kier alpha value is -2.82. The molecule has 0 bridgehead atoms. The van der Waals surface area contributed by atoms with Gasteiger partial charge in [0.1, 0.15) is 5.75 Å². The monoisotopic (exact) mass is 335 g/mol. The van der Waals surface area contributed by atoms with Gasteiger partial charge >= 0.3 is 0 Å². The molecule has 128 valence electrons. The summed E-state index contributed by atoms with van der Waals surface area (Å²) in [5.74, 6) is 2.30. The minimum atomic E-state index is 0.640. The van der Waals surface area contributed by atoms with E-state index < -0.39 is 0 Å². The molecule has 1 aromatic heterocycles. The van der Waals surface area contributed by atoms with Crippen molar-refractivity contribution in [2.75, 3.05) is 18.6 Å². The van der Waals surface area contributed by atoms with E-state index >= 15 is 0 Å². The Morgan fingerprint density at radius 1 is 1.16 bits per heavy atom. The number of aromatic nitrogens is 2. The summed E-state index contributed by atoms with van der Waals surface area (Å²) < 4.78 is 10.8. The molecule has 0 saturated carbocycles. The van der Waals surface area contributed by atoms with Crippen molar-refractivity contribution in [2.45, 2.75) is 25.8 Å².